The van der Waals surface area contributed by atoms with Crippen molar-refractivity contribution in [1.29, 1.82) is 5.26 Å². The van der Waals surface area contributed by atoms with Crippen LogP contribution in [0.4, 0.5) is 11.4 Å². The van der Waals surface area contributed by atoms with E-state index in [9.17, 15) is 13.2 Å². The molecule has 0 saturated heterocycles. The molecule has 1 amide bonds. The van der Waals surface area contributed by atoms with E-state index in [1.807, 2.05) is 6.92 Å². The summed E-state index contributed by atoms with van der Waals surface area (Å²) in [5.74, 6) is -0.126. The van der Waals surface area contributed by atoms with E-state index in [-0.39, 0.29) is 6.42 Å². The zero-order valence-electron chi connectivity index (χ0n) is 16.3. The second-order valence-corrected chi connectivity index (χ2v) is 8.29. The maximum atomic E-state index is 12.8. The average molecular weight is 401 g/mol. The highest BCUT2D eigenvalue weighted by atomic mass is 32.2. The van der Waals surface area contributed by atoms with Crippen molar-refractivity contribution in [1.82, 2.24) is 0 Å². The standard InChI is InChI=1S/C20H23N3O4S/c1-14-5-10-19(27-3)18(13-14)23(28(4,25)26)15(2)20(24)22-17-8-6-16(7-9-17)11-12-21/h5-10,13,15H,11H2,1-4H3,(H,22,24). The summed E-state index contributed by atoms with van der Waals surface area (Å²) in [6.07, 6.45) is 1.33. The predicted molar refractivity (Wildman–Crippen MR) is 109 cm³/mol. The molecular formula is C20H23N3O4S. The van der Waals surface area contributed by atoms with Crippen molar-refractivity contribution in [2.24, 2.45) is 0 Å². The van der Waals surface area contributed by atoms with E-state index in [1.165, 1.54) is 14.0 Å². The summed E-state index contributed by atoms with van der Waals surface area (Å²) in [6, 6.07) is 13.0. The van der Waals surface area contributed by atoms with Crippen molar-refractivity contribution in [3.63, 3.8) is 0 Å². The first-order valence-electron chi connectivity index (χ1n) is 8.58. The monoisotopic (exact) mass is 401 g/mol. The van der Waals surface area contributed by atoms with Crippen molar-refractivity contribution in [2.45, 2.75) is 26.3 Å². The number of methoxy groups -OCH3 is 1. The van der Waals surface area contributed by atoms with Crippen molar-refractivity contribution >= 4 is 27.3 Å². The minimum absolute atomic E-state index is 0.277. The first kappa shape index (κ1) is 21.3. The topological polar surface area (TPSA) is 99.5 Å². The van der Waals surface area contributed by atoms with Gasteiger partial charge in [0.05, 0.1) is 31.5 Å². The third-order valence-corrected chi connectivity index (χ3v) is 5.39. The normalized spacial score (nSPS) is 12.0. The fourth-order valence-corrected chi connectivity index (χ4v) is 3.97. The Morgan fingerprint density at radius 2 is 1.89 bits per heavy atom. The van der Waals surface area contributed by atoms with Crippen LogP contribution in [0.3, 0.4) is 0 Å². The van der Waals surface area contributed by atoms with E-state index in [0.29, 0.717) is 17.1 Å². The maximum absolute atomic E-state index is 12.8. The van der Waals surface area contributed by atoms with Crippen molar-refractivity contribution in [2.75, 3.05) is 23.0 Å². The molecular weight excluding hydrogens is 378 g/mol. The zero-order valence-corrected chi connectivity index (χ0v) is 17.1. The maximum Gasteiger partial charge on any atom is 0.247 e. The van der Waals surface area contributed by atoms with Gasteiger partial charge in [0.15, 0.2) is 0 Å². The van der Waals surface area contributed by atoms with Gasteiger partial charge in [0, 0.05) is 5.69 Å². The molecule has 8 heteroatoms. The summed E-state index contributed by atoms with van der Waals surface area (Å²) >= 11 is 0. The molecule has 0 spiro atoms. The minimum Gasteiger partial charge on any atom is -0.495 e. The number of ether oxygens (including phenoxy) is 1. The minimum atomic E-state index is -3.76. The Labute approximate surface area is 165 Å². The third-order valence-electron chi connectivity index (χ3n) is 4.16. The number of sulfonamides is 1. The SMILES string of the molecule is COc1ccc(C)cc1N(C(C)C(=O)Nc1ccc(CC#N)cc1)S(C)(=O)=O. The lowest BCUT2D eigenvalue weighted by atomic mass is 10.1. The number of rotatable bonds is 7. The van der Waals surface area contributed by atoms with Gasteiger partial charge in [0.25, 0.3) is 0 Å². The van der Waals surface area contributed by atoms with Gasteiger partial charge in [-0.05, 0) is 49.2 Å². The Balaban J connectivity index is 2.33. The fraction of sp³-hybridized carbons (Fsp3) is 0.300. The second-order valence-electron chi connectivity index (χ2n) is 6.43. The van der Waals surface area contributed by atoms with Crippen LogP contribution in [-0.4, -0.2) is 33.7 Å². The molecule has 0 bridgehead atoms. The molecule has 0 radical (unpaired) electrons. The van der Waals surface area contributed by atoms with Crippen LogP contribution in [0.25, 0.3) is 0 Å². The number of nitrogens with zero attached hydrogens (tertiary/aromatic N) is 2. The number of aryl methyl sites for hydroxylation is 1. The van der Waals surface area contributed by atoms with Gasteiger partial charge in [-0.3, -0.25) is 9.10 Å². The Bertz CT molecular complexity index is 995. The molecule has 0 heterocycles. The molecule has 2 rings (SSSR count). The van der Waals surface area contributed by atoms with Crippen LogP contribution < -0.4 is 14.4 Å². The Morgan fingerprint density at radius 1 is 1.25 bits per heavy atom. The largest absolute Gasteiger partial charge is 0.495 e. The number of carbonyl (C=O) groups is 1. The molecule has 0 aliphatic heterocycles. The van der Waals surface area contributed by atoms with Crippen molar-refractivity contribution < 1.29 is 17.9 Å². The number of carbonyl (C=O) groups excluding carboxylic acids is 1. The molecule has 1 atom stereocenters. The van der Waals surface area contributed by atoms with Gasteiger partial charge in [-0.1, -0.05) is 18.2 Å². The molecule has 1 unspecified atom stereocenters. The van der Waals surface area contributed by atoms with Crippen LogP contribution in [0.15, 0.2) is 42.5 Å². The van der Waals surface area contributed by atoms with Crippen LogP contribution in [0.2, 0.25) is 0 Å². The number of benzene rings is 2. The molecule has 148 valence electrons. The van der Waals surface area contributed by atoms with Crippen LogP contribution >= 0.6 is 0 Å². The van der Waals surface area contributed by atoms with Gasteiger partial charge >= 0.3 is 0 Å². The average Bonchev–Trinajstić information content (AvgIpc) is 2.62. The first-order chi connectivity index (χ1) is 13.2. The number of amides is 1. The van der Waals surface area contributed by atoms with E-state index in [2.05, 4.69) is 11.4 Å². The van der Waals surface area contributed by atoms with E-state index < -0.39 is 22.0 Å². The Kier molecular flexibility index (Phi) is 6.65. The molecule has 7 nitrogen and oxygen atoms in total. The van der Waals surface area contributed by atoms with Crippen molar-refractivity contribution in [3.05, 3.63) is 53.6 Å². The molecule has 1 N–H and O–H groups in total. The van der Waals surface area contributed by atoms with Gasteiger partial charge in [0.1, 0.15) is 11.8 Å². The lowest BCUT2D eigenvalue weighted by Gasteiger charge is -2.29. The molecule has 2 aromatic rings. The van der Waals surface area contributed by atoms with E-state index in [0.717, 1.165) is 21.7 Å². The number of nitrogens with one attached hydrogen (secondary N) is 1. The van der Waals surface area contributed by atoms with E-state index in [1.54, 1.807) is 42.5 Å². The number of hydrogen-bond acceptors (Lipinski definition) is 5. The molecule has 0 aromatic heterocycles. The summed E-state index contributed by atoms with van der Waals surface area (Å²) in [6.45, 7) is 3.35. The van der Waals surface area contributed by atoms with Gasteiger partial charge < -0.3 is 10.1 Å². The number of nitriles is 1. The molecule has 0 aliphatic carbocycles. The van der Waals surface area contributed by atoms with Crippen LogP contribution in [-0.2, 0) is 21.2 Å². The molecule has 0 fully saturated rings. The van der Waals surface area contributed by atoms with E-state index in [4.69, 9.17) is 10.00 Å². The highest BCUT2D eigenvalue weighted by Gasteiger charge is 2.31. The van der Waals surface area contributed by atoms with Gasteiger partial charge in [-0.15, -0.1) is 0 Å². The first-order valence-corrected chi connectivity index (χ1v) is 10.4. The van der Waals surface area contributed by atoms with Gasteiger partial charge in [0.2, 0.25) is 15.9 Å². The lowest BCUT2D eigenvalue weighted by Crippen LogP contribution is -2.45. The lowest BCUT2D eigenvalue weighted by molar-refractivity contribution is -0.116. The fourth-order valence-electron chi connectivity index (χ4n) is 2.80. The molecule has 0 saturated carbocycles. The second kappa shape index (κ2) is 8.76. The zero-order chi connectivity index (χ0) is 20.9. The highest BCUT2D eigenvalue weighted by Crippen LogP contribution is 2.32. The third kappa shape index (κ3) is 5.02. The van der Waals surface area contributed by atoms with Gasteiger partial charge in [-0.25, -0.2) is 8.42 Å². The quantitative estimate of drug-likeness (QED) is 0.769. The summed E-state index contributed by atoms with van der Waals surface area (Å²) in [4.78, 5) is 12.8. The highest BCUT2D eigenvalue weighted by molar-refractivity contribution is 7.92. The van der Waals surface area contributed by atoms with Gasteiger partial charge in [-0.2, -0.15) is 5.26 Å². The number of hydrogen-bond donors (Lipinski definition) is 1. The summed E-state index contributed by atoms with van der Waals surface area (Å²) in [5.41, 5.74) is 2.49. The molecule has 0 aliphatic rings. The summed E-state index contributed by atoms with van der Waals surface area (Å²) in [5, 5.41) is 11.4. The Hall–Kier alpha value is -3.05. The Morgan fingerprint density at radius 3 is 2.43 bits per heavy atom. The van der Waals surface area contributed by atoms with Crippen LogP contribution in [0.5, 0.6) is 5.75 Å². The predicted octanol–water partition coefficient (Wildman–Crippen LogP) is 2.86. The number of anilines is 2. The smallest absolute Gasteiger partial charge is 0.247 e. The summed E-state index contributed by atoms with van der Waals surface area (Å²) < 4.78 is 31.3. The van der Waals surface area contributed by atoms with Crippen molar-refractivity contribution in [3.8, 4) is 11.8 Å². The van der Waals surface area contributed by atoms with E-state index >= 15 is 0 Å². The van der Waals surface area contributed by atoms with Crippen LogP contribution in [0.1, 0.15) is 18.1 Å². The molecule has 2 aromatic carbocycles. The summed E-state index contributed by atoms with van der Waals surface area (Å²) in [7, 11) is -2.31. The van der Waals surface area contributed by atoms with Crippen LogP contribution in [0, 0.1) is 18.3 Å². The molecule has 28 heavy (non-hydrogen) atoms.